The summed E-state index contributed by atoms with van der Waals surface area (Å²) in [5, 5.41) is 13.5. The third-order valence-electron chi connectivity index (χ3n) is 5.13. The van der Waals surface area contributed by atoms with Crippen molar-refractivity contribution in [2.45, 2.75) is 24.1 Å². The van der Waals surface area contributed by atoms with Crippen LogP contribution in [0.25, 0.3) is 5.82 Å². The van der Waals surface area contributed by atoms with E-state index in [1.165, 1.54) is 12.1 Å². The number of carboxylic acid groups (broad SMARTS) is 1. The Morgan fingerprint density at radius 2 is 1.94 bits per heavy atom. The number of anilines is 1. The molecule has 4 rings (SSSR count). The summed E-state index contributed by atoms with van der Waals surface area (Å²) in [7, 11) is 0. The molecule has 2 heterocycles. The fourth-order valence-corrected chi connectivity index (χ4v) is 4.38. The van der Waals surface area contributed by atoms with Crippen molar-refractivity contribution in [3.05, 3.63) is 72.2 Å². The van der Waals surface area contributed by atoms with Gasteiger partial charge in [-0.25, -0.2) is 14.5 Å². The Morgan fingerprint density at radius 3 is 2.45 bits per heavy atom. The number of aliphatic carboxylic acids is 1. The van der Waals surface area contributed by atoms with E-state index >= 15 is 0 Å². The van der Waals surface area contributed by atoms with E-state index in [-0.39, 0.29) is 17.9 Å². The van der Waals surface area contributed by atoms with E-state index in [2.05, 4.69) is 10.1 Å². The van der Waals surface area contributed by atoms with E-state index in [9.17, 15) is 31.8 Å². The molecule has 3 aromatic rings. The SMILES string of the molecule is O=C(O)C1(N(c2ccc(-n3cc(C(F)(F)F)cn3)nc2)S(=O)[O-])CC1c1ccccc1. The lowest BCUT2D eigenvalue weighted by molar-refractivity contribution is -0.139. The second kappa shape index (κ2) is 7.46. The van der Waals surface area contributed by atoms with Gasteiger partial charge in [0.15, 0.2) is 11.4 Å². The van der Waals surface area contributed by atoms with Gasteiger partial charge < -0.3 is 9.66 Å². The summed E-state index contributed by atoms with van der Waals surface area (Å²) >= 11 is -2.94. The van der Waals surface area contributed by atoms with Crippen LogP contribution in [0.15, 0.2) is 61.1 Å². The zero-order chi connectivity index (χ0) is 22.4. The van der Waals surface area contributed by atoms with Crippen molar-refractivity contribution in [3.8, 4) is 5.82 Å². The Morgan fingerprint density at radius 1 is 1.23 bits per heavy atom. The fraction of sp³-hybridized carbons (Fsp3) is 0.211. The minimum Gasteiger partial charge on any atom is -0.755 e. The van der Waals surface area contributed by atoms with E-state index in [0.717, 1.165) is 21.4 Å². The van der Waals surface area contributed by atoms with Gasteiger partial charge >= 0.3 is 12.1 Å². The molecule has 1 aliphatic rings. The van der Waals surface area contributed by atoms with Crippen molar-refractivity contribution in [1.29, 1.82) is 0 Å². The van der Waals surface area contributed by atoms with Crippen LogP contribution >= 0.6 is 0 Å². The highest BCUT2D eigenvalue weighted by Gasteiger charge is 2.66. The highest BCUT2D eigenvalue weighted by atomic mass is 32.2. The molecule has 0 radical (unpaired) electrons. The van der Waals surface area contributed by atoms with Gasteiger partial charge in [-0.1, -0.05) is 30.3 Å². The third-order valence-corrected chi connectivity index (χ3v) is 5.96. The Balaban J connectivity index is 1.67. The zero-order valence-corrected chi connectivity index (χ0v) is 16.4. The van der Waals surface area contributed by atoms with Crippen LogP contribution < -0.4 is 4.31 Å². The van der Waals surface area contributed by atoms with Crippen LogP contribution in [0.2, 0.25) is 0 Å². The molecule has 3 unspecified atom stereocenters. The predicted octanol–water partition coefficient (Wildman–Crippen LogP) is 2.90. The molecule has 1 N–H and O–H groups in total. The van der Waals surface area contributed by atoms with Crippen LogP contribution in [0.1, 0.15) is 23.5 Å². The lowest BCUT2D eigenvalue weighted by Gasteiger charge is -2.33. The van der Waals surface area contributed by atoms with Gasteiger partial charge in [-0.05, 0) is 24.1 Å². The number of carboxylic acids is 1. The first kappa shape index (κ1) is 21.0. The molecule has 0 amide bonds. The highest BCUT2D eigenvalue weighted by Crippen LogP contribution is 2.57. The summed E-state index contributed by atoms with van der Waals surface area (Å²) in [4.78, 5) is 16.1. The molecule has 8 nitrogen and oxygen atoms in total. The van der Waals surface area contributed by atoms with Crippen molar-refractivity contribution < 1.29 is 31.8 Å². The molecule has 1 fully saturated rings. The minimum absolute atomic E-state index is 0.00987. The smallest absolute Gasteiger partial charge is 0.419 e. The van der Waals surface area contributed by atoms with Crippen LogP contribution in [-0.4, -0.2) is 40.1 Å². The molecule has 0 saturated heterocycles. The second-order valence-electron chi connectivity index (χ2n) is 6.95. The van der Waals surface area contributed by atoms with Gasteiger partial charge in [0.25, 0.3) is 0 Å². The summed E-state index contributed by atoms with van der Waals surface area (Å²) in [6.45, 7) is 0. The Bertz CT molecular complexity index is 1140. The number of hydrogen-bond acceptors (Lipinski definition) is 5. The van der Waals surface area contributed by atoms with Crippen molar-refractivity contribution in [2.75, 3.05) is 4.31 Å². The number of nitrogens with zero attached hydrogens (tertiary/aromatic N) is 4. The lowest BCUT2D eigenvalue weighted by atomic mass is 10.1. The topological polar surface area (TPSA) is 111 Å². The molecule has 2 aromatic heterocycles. The van der Waals surface area contributed by atoms with Crippen LogP contribution in [0.5, 0.6) is 0 Å². The summed E-state index contributed by atoms with van der Waals surface area (Å²) in [6.07, 6.45) is -2.03. The summed E-state index contributed by atoms with van der Waals surface area (Å²) in [5.74, 6) is -1.86. The molecule has 1 aliphatic carbocycles. The van der Waals surface area contributed by atoms with Crippen molar-refractivity contribution >= 4 is 22.9 Å². The standard InChI is InChI=1S/C19H15F3N4O4S/c20-19(21,22)13-9-24-25(11-13)16-7-6-14(10-23-16)26(31(29)30)18(17(27)28)8-15(18)12-4-2-1-3-5-12/h1-7,9-11,15H,8H2,(H,27,28)(H,29,30)/p-1. The molecule has 31 heavy (non-hydrogen) atoms. The van der Waals surface area contributed by atoms with Gasteiger partial charge in [-0.2, -0.15) is 18.3 Å². The van der Waals surface area contributed by atoms with Gasteiger partial charge in [0, 0.05) is 23.4 Å². The molecule has 1 saturated carbocycles. The third kappa shape index (κ3) is 3.68. The normalized spacial score (nSPS) is 21.5. The van der Waals surface area contributed by atoms with Crippen molar-refractivity contribution in [1.82, 2.24) is 14.8 Å². The predicted molar refractivity (Wildman–Crippen MR) is 102 cm³/mol. The van der Waals surface area contributed by atoms with Crippen molar-refractivity contribution in [3.63, 3.8) is 0 Å². The molecule has 1 aromatic carbocycles. The number of alkyl halides is 3. The van der Waals surface area contributed by atoms with Crippen molar-refractivity contribution in [2.24, 2.45) is 0 Å². The van der Waals surface area contributed by atoms with Gasteiger partial charge in [-0.3, -0.25) is 8.51 Å². The van der Waals surface area contributed by atoms with E-state index < -0.39 is 40.4 Å². The molecule has 0 spiro atoms. The summed E-state index contributed by atoms with van der Waals surface area (Å²) < 4.78 is 64.0. The van der Waals surface area contributed by atoms with Gasteiger partial charge in [0.1, 0.15) is 0 Å². The molecule has 0 bridgehead atoms. The lowest BCUT2D eigenvalue weighted by Crippen LogP contribution is -2.46. The number of aromatic nitrogens is 3. The van der Waals surface area contributed by atoms with Crippen LogP contribution in [0.3, 0.4) is 0 Å². The zero-order valence-electron chi connectivity index (χ0n) is 15.6. The monoisotopic (exact) mass is 451 g/mol. The Hall–Kier alpha value is -3.25. The first-order valence-corrected chi connectivity index (χ1v) is 9.94. The molecular formula is C19H14F3N4O4S-. The first-order valence-electron chi connectivity index (χ1n) is 8.91. The van der Waals surface area contributed by atoms with E-state index in [1.807, 2.05) is 0 Å². The highest BCUT2D eigenvalue weighted by molar-refractivity contribution is 7.80. The number of pyridine rings is 1. The van der Waals surface area contributed by atoms with Crippen LogP contribution in [0.4, 0.5) is 18.9 Å². The van der Waals surface area contributed by atoms with Crippen LogP contribution in [0, 0.1) is 0 Å². The summed E-state index contributed by atoms with van der Waals surface area (Å²) in [5.41, 5.74) is -2.02. The molecular weight excluding hydrogens is 437 g/mol. The van der Waals surface area contributed by atoms with Gasteiger partial charge in [0.2, 0.25) is 0 Å². The maximum Gasteiger partial charge on any atom is 0.419 e. The van der Waals surface area contributed by atoms with Gasteiger partial charge in [-0.15, -0.1) is 0 Å². The number of benzene rings is 1. The molecule has 12 heteroatoms. The second-order valence-corrected chi connectivity index (χ2v) is 7.75. The maximum atomic E-state index is 12.8. The average molecular weight is 451 g/mol. The molecule has 162 valence electrons. The molecule has 0 aliphatic heterocycles. The Labute approximate surface area is 176 Å². The number of hydrogen-bond donors (Lipinski definition) is 1. The first-order chi connectivity index (χ1) is 14.6. The largest absolute Gasteiger partial charge is 0.755 e. The fourth-order valence-electron chi connectivity index (χ4n) is 3.56. The number of halogens is 3. The van der Waals surface area contributed by atoms with Crippen LogP contribution in [-0.2, 0) is 22.2 Å². The summed E-state index contributed by atoms with van der Waals surface area (Å²) in [6, 6.07) is 11.2. The van der Waals surface area contributed by atoms with Gasteiger partial charge in [0.05, 0.1) is 23.6 Å². The van der Waals surface area contributed by atoms with E-state index in [0.29, 0.717) is 11.8 Å². The van der Waals surface area contributed by atoms with E-state index in [4.69, 9.17) is 0 Å². The quantitative estimate of drug-likeness (QED) is 0.577. The Kier molecular flexibility index (Phi) is 5.06. The minimum atomic E-state index is -4.57. The van der Waals surface area contributed by atoms with E-state index in [1.54, 1.807) is 30.3 Å². The maximum absolute atomic E-state index is 12.8. The molecule has 3 atom stereocenters. The number of carbonyl (C=O) groups is 1. The average Bonchev–Trinajstić information content (AvgIpc) is 3.25. The number of rotatable bonds is 6.